The largest absolute Gasteiger partial charge is 0.350 e. The molecule has 0 unspecified atom stereocenters. The average Bonchev–Trinajstić information content (AvgIpc) is 2.50. The van der Waals surface area contributed by atoms with Crippen molar-refractivity contribution in [3.63, 3.8) is 0 Å². The predicted molar refractivity (Wildman–Crippen MR) is 98.7 cm³/mol. The SMILES string of the molecule is Cc1cc(C(=O)NC(C)C)c(=O)n(CC2CCCCC2)c1C(C)C. The highest BCUT2D eigenvalue weighted by Crippen LogP contribution is 2.27. The maximum Gasteiger partial charge on any atom is 0.263 e. The molecule has 24 heavy (non-hydrogen) atoms. The molecule has 2 rings (SSSR count). The number of nitrogens with zero attached hydrogens (tertiary/aromatic N) is 1. The number of aromatic nitrogens is 1. The van der Waals surface area contributed by atoms with E-state index in [1.165, 1.54) is 32.1 Å². The Kier molecular flexibility index (Phi) is 6.25. The Labute approximate surface area is 145 Å². The van der Waals surface area contributed by atoms with Crippen LogP contribution < -0.4 is 10.9 Å². The summed E-state index contributed by atoms with van der Waals surface area (Å²) in [5, 5.41) is 2.85. The Balaban J connectivity index is 2.45. The zero-order chi connectivity index (χ0) is 17.9. The van der Waals surface area contributed by atoms with Crippen molar-refractivity contribution in [3.05, 3.63) is 33.2 Å². The second-order valence-electron chi connectivity index (χ2n) is 7.83. The number of carbonyl (C=O) groups is 1. The Morgan fingerprint density at radius 1 is 1.21 bits per heavy atom. The number of aryl methyl sites for hydroxylation is 1. The summed E-state index contributed by atoms with van der Waals surface area (Å²) < 4.78 is 1.89. The van der Waals surface area contributed by atoms with Crippen molar-refractivity contribution in [2.75, 3.05) is 0 Å². The summed E-state index contributed by atoms with van der Waals surface area (Å²) in [6.07, 6.45) is 6.18. The number of nitrogens with one attached hydrogen (secondary N) is 1. The lowest BCUT2D eigenvalue weighted by Crippen LogP contribution is -2.38. The van der Waals surface area contributed by atoms with Crippen molar-refractivity contribution >= 4 is 5.91 Å². The van der Waals surface area contributed by atoms with E-state index in [1.54, 1.807) is 6.07 Å². The molecule has 1 amide bonds. The highest BCUT2D eigenvalue weighted by molar-refractivity contribution is 5.94. The number of rotatable bonds is 5. The van der Waals surface area contributed by atoms with Crippen molar-refractivity contribution in [2.24, 2.45) is 5.92 Å². The van der Waals surface area contributed by atoms with Gasteiger partial charge in [0.15, 0.2) is 0 Å². The normalized spacial score (nSPS) is 16.0. The lowest BCUT2D eigenvalue weighted by Gasteiger charge is -2.26. The quantitative estimate of drug-likeness (QED) is 0.886. The fourth-order valence-electron chi connectivity index (χ4n) is 3.90. The van der Waals surface area contributed by atoms with E-state index < -0.39 is 0 Å². The predicted octanol–water partition coefficient (Wildman–Crippen LogP) is 4.00. The minimum atomic E-state index is -0.259. The molecule has 0 aliphatic heterocycles. The van der Waals surface area contributed by atoms with Gasteiger partial charge in [0.05, 0.1) is 0 Å². The first-order chi connectivity index (χ1) is 11.3. The molecule has 1 aromatic rings. The molecular formula is C20H32N2O2. The van der Waals surface area contributed by atoms with Crippen LogP contribution in [0.3, 0.4) is 0 Å². The van der Waals surface area contributed by atoms with E-state index in [4.69, 9.17) is 0 Å². The van der Waals surface area contributed by atoms with Crippen LogP contribution in [-0.4, -0.2) is 16.5 Å². The Morgan fingerprint density at radius 3 is 2.38 bits per heavy atom. The fraction of sp³-hybridized carbons (Fsp3) is 0.700. The van der Waals surface area contributed by atoms with E-state index in [0.29, 0.717) is 5.92 Å². The highest BCUT2D eigenvalue weighted by Gasteiger charge is 2.22. The molecule has 0 bridgehead atoms. The molecule has 1 aromatic heterocycles. The van der Waals surface area contributed by atoms with Crippen LogP contribution in [0.5, 0.6) is 0 Å². The molecule has 4 nitrogen and oxygen atoms in total. The first kappa shape index (κ1) is 18.8. The third-order valence-corrected chi connectivity index (χ3v) is 4.91. The van der Waals surface area contributed by atoms with Crippen LogP contribution in [0.1, 0.15) is 87.3 Å². The van der Waals surface area contributed by atoms with E-state index in [-0.39, 0.29) is 29.0 Å². The van der Waals surface area contributed by atoms with Crippen LogP contribution in [0.15, 0.2) is 10.9 Å². The molecule has 1 heterocycles. The van der Waals surface area contributed by atoms with Crippen molar-refractivity contribution in [1.82, 2.24) is 9.88 Å². The summed E-state index contributed by atoms with van der Waals surface area (Å²) in [6, 6.07) is 1.79. The van der Waals surface area contributed by atoms with Crippen LogP contribution in [0.25, 0.3) is 0 Å². The van der Waals surface area contributed by atoms with Gasteiger partial charge in [-0.25, -0.2) is 0 Å². The number of amides is 1. The van der Waals surface area contributed by atoms with Crippen molar-refractivity contribution in [3.8, 4) is 0 Å². The first-order valence-corrected chi connectivity index (χ1v) is 9.36. The van der Waals surface area contributed by atoms with Gasteiger partial charge in [0, 0.05) is 18.3 Å². The molecular weight excluding hydrogens is 300 g/mol. The van der Waals surface area contributed by atoms with Gasteiger partial charge in [0.2, 0.25) is 0 Å². The number of hydrogen-bond acceptors (Lipinski definition) is 2. The number of hydrogen-bond donors (Lipinski definition) is 1. The molecule has 0 radical (unpaired) electrons. The van der Waals surface area contributed by atoms with Gasteiger partial charge in [-0.3, -0.25) is 9.59 Å². The summed E-state index contributed by atoms with van der Waals surface area (Å²) >= 11 is 0. The molecule has 0 aromatic carbocycles. The Hall–Kier alpha value is -1.58. The van der Waals surface area contributed by atoms with Gasteiger partial charge in [0.1, 0.15) is 5.56 Å². The zero-order valence-electron chi connectivity index (χ0n) is 15.8. The van der Waals surface area contributed by atoms with Crippen LogP contribution in [-0.2, 0) is 6.54 Å². The summed E-state index contributed by atoms with van der Waals surface area (Å²) in [6.45, 7) is 10.8. The minimum absolute atomic E-state index is 0.0220. The molecule has 0 saturated heterocycles. The van der Waals surface area contributed by atoms with Crippen molar-refractivity contribution < 1.29 is 4.79 Å². The minimum Gasteiger partial charge on any atom is -0.350 e. The van der Waals surface area contributed by atoms with Crippen LogP contribution in [0.2, 0.25) is 0 Å². The van der Waals surface area contributed by atoms with Gasteiger partial charge >= 0.3 is 0 Å². The van der Waals surface area contributed by atoms with Gasteiger partial charge in [-0.2, -0.15) is 0 Å². The molecule has 1 N–H and O–H groups in total. The van der Waals surface area contributed by atoms with Crippen molar-refractivity contribution in [1.29, 1.82) is 0 Å². The van der Waals surface area contributed by atoms with Gasteiger partial charge < -0.3 is 9.88 Å². The van der Waals surface area contributed by atoms with E-state index in [0.717, 1.165) is 17.8 Å². The maximum absolute atomic E-state index is 13.0. The van der Waals surface area contributed by atoms with Gasteiger partial charge in [-0.1, -0.05) is 33.1 Å². The zero-order valence-corrected chi connectivity index (χ0v) is 15.8. The maximum atomic E-state index is 13.0. The van der Waals surface area contributed by atoms with Gasteiger partial charge in [-0.15, -0.1) is 0 Å². The van der Waals surface area contributed by atoms with Crippen molar-refractivity contribution in [2.45, 2.75) is 85.2 Å². The molecule has 0 atom stereocenters. The standard InChI is InChI=1S/C20H32N2O2/c1-13(2)18-15(5)11-17(19(23)21-14(3)4)20(24)22(18)12-16-9-7-6-8-10-16/h11,13-14,16H,6-10,12H2,1-5H3,(H,21,23). The van der Waals surface area contributed by atoms with Gasteiger partial charge in [-0.05, 0) is 57.1 Å². The van der Waals surface area contributed by atoms with Crippen LogP contribution in [0, 0.1) is 12.8 Å². The van der Waals surface area contributed by atoms with E-state index >= 15 is 0 Å². The van der Waals surface area contributed by atoms with Gasteiger partial charge in [0.25, 0.3) is 11.5 Å². The smallest absolute Gasteiger partial charge is 0.263 e. The molecule has 1 aliphatic rings. The second kappa shape index (κ2) is 8.00. The molecule has 1 fully saturated rings. The molecule has 0 spiro atoms. The fourth-order valence-corrected chi connectivity index (χ4v) is 3.90. The lowest BCUT2D eigenvalue weighted by atomic mass is 9.88. The van der Waals surface area contributed by atoms with E-state index in [9.17, 15) is 9.59 Å². The molecule has 134 valence electrons. The summed E-state index contributed by atoms with van der Waals surface area (Å²) in [7, 11) is 0. The monoisotopic (exact) mass is 332 g/mol. The lowest BCUT2D eigenvalue weighted by molar-refractivity contribution is 0.0940. The Bertz CT molecular complexity index is 638. The summed E-state index contributed by atoms with van der Waals surface area (Å²) in [5.41, 5.74) is 2.26. The highest BCUT2D eigenvalue weighted by atomic mass is 16.2. The third kappa shape index (κ3) is 4.28. The molecule has 4 heteroatoms. The topological polar surface area (TPSA) is 51.1 Å². The van der Waals surface area contributed by atoms with Crippen LogP contribution in [0.4, 0.5) is 0 Å². The Morgan fingerprint density at radius 2 is 1.83 bits per heavy atom. The van der Waals surface area contributed by atoms with E-state index in [2.05, 4.69) is 19.2 Å². The number of carbonyl (C=O) groups excluding carboxylic acids is 1. The summed E-state index contributed by atoms with van der Waals surface area (Å²) in [4.78, 5) is 25.5. The van der Waals surface area contributed by atoms with Crippen LogP contribution >= 0.6 is 0 Å². The average molecular weight is 332 g/mol. The third-order valence-electron chi connectivity index (χ3n) is 4.91. The molecule has 1 aliphatic carbocycles. The first-order valence-electron chi connectivity index (χ1n) is 9.36. The van der Waals surface area contributed by atoms with E-state index in [1.807, 2.05) is 25.3 Å². The molecule has 1 saturated carbocycles. The second-order valence-corrected chi connectivity index (χ2v) is 7.83. The number of pyridine rings is 1. The summed E-state index contributed by atoms with van der Waals surface area (Å²) in [5.74, 6) is 0.561.